The van der Waals surface area contributed by atoms with E-state index in [4.69, 9.17) is 9.72 Å². The highest BCUT2D eigenvalue weighted by Gasteiger charge is 2.15. The maximum Gasteiger partial charge on any atom is 0.337 e. The van der Waals surface area contributed by atoms with Crippen LogP contribution in [-0.2, 0) is 37.3 Å². The number of fused-ring (bicyclic) bond motifs is 4. The molecule has 0 aliphatic carbocycles. The number of aromatic nitrogens is 8. The van der Waals surface area contributed by atoms with Crippen LogP contribution in [0, 0.1) is 0 Å². The summed E-state index contributed by atoms with van der Waals surface area (Å²) in [7, 11) is 1.38. The number of aryl methyl sites for hydroxylation is 2. The number of nitrogens with one attached hydrogen (secondary N) is 2. The predicted octanol–water partition coefficient (Wildman–Crippen LogP) is 6.33. The minimum Gasteiger partial charge on any atom is -0.465 e. The molecule has 4 aromatic heterocycles. The van der Waals surface area contributed by atoms with Gasteiger partial charge in [0.1, 0.15) is 23.3 Å². The Morgan fingerprint density at radius 2 is 1.21 bits per heavy atom. The molecular weight excluding hydrogens is 604 g/mol. The maximum absolute atomic E-state index is 11.9. The van der Waals surface area contributed by atoms with Crippen molar-refractivity contribution in [3.8, 4) is 0 Å². The fourth-order valence-corrected chi connectivity index (χ4v) is 6.09. The average Bonchev–Trinajstić information content (AvgIpc) is 3.90. The Kier molecular flexibility index (Phi) is 8.43. The van der Waals surface area contributed by atoms with Crippen molar-refractivity contribution in [2.24, 2.45) is 0 Å². The summed E-state index contributed by atoms with van der Waals surface area (Å²) in [6.07, 6.45) is 1.64. The third-order valence-corrected chi connectivity index (χ3v) is 8.45. The molecular formula is C37H36N8O3. The van der Waals surface area contributed by atoms with E-state index < -0.39 is 0 Å². The Labute approximate surface area is 276 Å². The van der Waals surface area contributed by atoms with Gasteiger partial charge in [0.25, 0.3) is 0 Å². The number of hydrogen-bond acceptors (Lipinski definition) is 7. The molecule has 11 heteroatoms. The minimum atomic E-state index is -0.351. The zero-order valence-corrected chi connectivity index (χ0v) is 27.1. The van der Waals surface area contributed by atoms with E-state index in [1.165, 1.54) is 7.11 Å². The molecule has 0 aliphatic rings. The lowest BCUT2D eigenvalue weighted by Gasteiger charge is -2.07. The largest absolute Gasteiger partial charge is 0.465 e. The van der Waals surface area contributed by atoms with Crippen LogP contribution in [0.15, 0.2) is 84.9 Å². The van der Waals surface area contributed by atoms with Gasteiger partial charge in [0.15, 0.2) is 0 Å². The van der Waals surface area contributed by atoms with E-state index in [2.05, 4.69) is 47.9 Å². The van der Waals surface area contributed by atoms with E-state index in [0.29, 0.717) is 18.7 Å². The smallest absolute Gasteiger partial charge is 0.337 e. The molecule has 4 heterocycles. The highest BCUT2D eigenvalue weighted by molar-refractivity contribution is 5.93. The molecule has 0 atom stereocenters. The zero-order chi connectivity index (χ0) is 33.2. The number of aromatic amines is 2. The molecule has 8 rings (SSSR count). The van der Waals surface area contributed by atoms with Gasteiger partial charge in [-0.1, -0.05) is 44.2 Å². The summed E-state index contributed by atoms with van der Waals surface area (Å²) in [5, 5.41) is 9.39. The first-order chi connectivity index (χ1) is 23.5. The molecule has 0 bridgehead atoms. The van der Waals surface area contributed by atoms with Gasteiger partial charge in [-0.05, 0) is 60.2 Å². The number of esters is 1. The molecule has 0 spiro atoms. The number of carbonyl (C=O) groups excluding carboxylic acids is 1. The summed E-state index contributed by atoms with van der Waals surface area (Å²) in [6.45, 7) is 5.41. The van der Waals surface area contributed by atoms with Gasteiger partial charge in [-0.25, -0.2) is 24.7 Å². The lowest BCUT2D eigenvalue weighted by atomic mass is 10.2. The van der Waals surface area contributed by atoms with Crippen LogP contribution >= 0.6 is 0 Å². The van der Waals surface area contributed by atoms with Gasteiger partial charge in [0.2, 0.25) is 0 Å². The van der Waals surface area contributed by atoms with Gasteiger partial charge in [-0.15, -0.1) is 0 Å². The van der Waals surface area contributed by atoms with Crippen molar-refractivity contribution in [3.63, 3.8) is 0 Å². The number of ether oxygens (including phenoxy) is 1. The second-order valence-electron chi connectivity index (χ2n) is 11.5. The van der Waals surface area contributed by atoms with Crippen molar-refractivity contribution in [1.82, 2.24) is 39.0 Å². The van der Waals surface area contributed by atoms with E-state index >= 15 is 0 Å². The number of rotatable bonds is 8. The van der Waals surface area contributed by atoms with E-state index in [-0.39, 0.29) is 12.6 Å². The first-order valence-electron chi connectivity index (χ1n) is 16.0. The molecule has 0 saturated carbocycles. The summed E-state index contributed by atoms with van der Waals surface area (Å²) in [5.41, 5.74) is 9.13. The van der Waals surface area contributed by atoms with Crippen LogP contribution in [-0.4, -0.2) is 57.2 Å². The third-order valence-electron chi connectivity index (χ3n) is 8.45. The molecule has 8 aromatic rings. The SMILES string of the molecule is CCc1nc2ccc(C(=O)OC)cc2n1Cc1nc2ccccc2[nH]1.CCc1nc2ccc(CO)cc2n1Cc1nc2ccccc2[nH]1. The van der Waals surface area contributed by atoms with Gasteiger partial charge in [0, 0.05) is 12.8 Å². The Hall–Kier alpha value is -5.81. The fourth-order valence-electron chi connectivity index (χ4n) is 6.09. The minimum absolute atomic E-state index is 0.0349. The van der Waals surface area contributed by atoms with Crippen molar-refractivity contribution >= 4 is 50.1 Å². The lowest BCUT2D eigenvalue weighted by molar-refractivity contribution is 0.0601. The van der Waals surface area contributed by atoms with Gasteiger partial charge in [-0.2, -0.15) is 0 Å². The molecule has 11 nitrogen and oxygen atoms in total. The molecule has 0 saturated heterocycles. The number of benzene rings is 4. The Morgan fingerprint density at radius 1 is 0.688 bits per heavy atom. The maximum atomic E-state index is 11.9. The molecule has 48 heavy (non-hydrogen) atoms. The van der Waals surface area contributed by atoms with Crippen molar-refractivity contribution < 1.29 is 14.6 Å². The number of aliphatic hydroxyl groups excluding tert-OH is 1. The summed E-state index contributed by atoms with van der Waals surface area (Å²) in [4.78, 5) is 37.2. The van der Waals surface area contributed by atoms with Gasteiger partial charge in [0.05, 0.1) is 76.5 Å². The Bertz CT molecular complexity index is 2330. The van der Waals surface area contributed by atoms with Crippen LogP contribution in [0.2, 0.25) is 0 Å². The van der Waals surface area contributed by atoms with Gasteiger partial charge < -0.3 is 28.9 Å². The summed E-state index contributed by atoms with van der Waals surface area (Å²) >= 11 is 0. The van der Waals surface area contributed by atoms with E-state index in [0.717, 1.165) is 85.8 Å². The third kappa shape index (κ3) is 5.91. The van der Waals surface area contributed by atoms with Crippen molar-refractivity contribution in [1.29, 1.82) is 0 Å². The van der Waals surface area contributed by atoms with Crippen LogP contribution in [0.1, 0.15) is 53.1 Å². The highest BCUT2D eigenvalue weighted by atomic mass is 16.5. The van der Waals surface area contributed by atoms with Crippen LogP contribution in [0.5, 0.6) is 0 Å². The average molecular weight is 641 g/mol. The lowest BCUT2D eigenvalue weighted by Crippen LogP contribution is -2.06. The summed E-state index contributed by atoms with van der Waals surface area (Å²) in [6, 6.07) is 27.3. The number of aliphatic hydroxyl groups is 1. The van der Waals surface area contributed by atoms with Crippen molar-refractivity contribution in [2.75, 3.05) is 7.11 Å². The van der Waals surface area contributed by atoms with Crippen LogP contribution in [0.3, 0.4) is 0 Å². The van der Waals surface area contributed by atoms with E-state index in [1.54, 1.807) is 6.07 Å². The molecule has 0 unspecified atom stereocenters. The van der Waals surface area contributed by atoms with Crippen molar-refractivity contribution in [2.45, 2.75) is 46.4 Å². The monoisotopic (exact) mass is 640 g/mol. The second-order valence-corrected chi connectivity index (χ2v) is 11.5. The summed E-state index contributed by atoms with van der Waals surface area (Å²) < 4.78 is 9.10. The van der Waals surface area contributed by atoms with E-state index in [9.17, 15) is 9.90 Å². The van der Waals surface area contributed by atoms with Gasteiger partial charge in [-0.3, -0.25) is 0 Å². The Balaban J connectivity index is 0.000000152. The number of nitrogens with zero attached hydrogens (tertiary/aromatic N) is 6. The first-order valence-corrected chi connectivity index (χ1v) is 16.0. The number of carbonyl (C=O) groups is 1. The fraction of sp³-hybridized carbons (Fsp3) is 0.216. The number of hydrogen-bond donors (Lipinski definition) is 3. The molecule has 0 fully saturated rings. The molecule has 3 N–H and O–H groups in total. The van der Waals surface area contributed by atoms with Crippen molar-refractivity contribution in [3.05, 3.63) is 119 Å². The second kappa shape index (κ2) is 13.1. The van der Waals surface area contributed by atoms with E-state index in [1.807, 2.05) is 78.9 Å². The molecule has 0 radical (unpaired) electrons. The molecule has 242 valence electrons. The van der Waals surface area contributed by atoms with Gasteiger partial charge >= 0.3 is 5.97 Å². The number of para-hydroxylation sites is 4. The van der Waals surface area contributed by atoms with Crippen LogP contribution in [0.4, 0.5) is 0 Å². The predicted molar refractivity (Wildman–Crippen MR) is 186 cm³/mol. The molecule has 0 aliphatic heterocycles. The Morgan fingerprint density at radius 3 is 1.71 bits per heavy atom. The van der Waals surface area contributed by atoms with Crippen LogP contribution < -0.4 is 0 Å². The van der Waals surface area contributed by atoms with Crippen LogP contribution in [0.25, 0.3) is 44.1 Å². The number of imidazole rings is 4. The quantitative estimate of drug-likeness (QED) is 0.165. The molecule has 4 aromatic carbocycles. The summed E-state index contributed by atoms with van der Waals surface area (Å²) in [5.74, 6) is 3.40. The highest BCUT2D eigenvalue weighted by Crippen LogP contribution is 2.23. The normalized spacial score (nSPS) is 11.4. The zero-order valence-electron chi connectivity index (χ0n) is 27.1. The topological polar surface area (TPSA) is 140 Å². The standard InChI is InChI=1S/C19H18N4O2.C18H18N4O/c1-3-18-22-15-9-8-12(19(24)25-2)10-16(15)23(18)11-17-20-13-6-4-5-7-14(13)21-17;1-2-18-21-15-8-7-12(11-23)9-16(15)22(18)10-17-19-13-5-3-4-6-14(13)20-17/h4-10H,3,11H2,1-2H3,(H,20,21);3-9,23H,2,10-11H2,1H3,(H,19,20). The number of H-pyrrole nitrogens is 2. The molecule has 0 amide bonds. The number of methoxy groups -OCH3 is 1. The first kappa shape index (κ1) is 30.8.